The third-order valence-corrected chi connectivity index (χ3v) is 5.41. The Morgan fingerprint density at radius 1 is 0.929 bits per heavy atom. The summed E-state index contributed by atoms with van der Waals surface area (Å²) < 4.78 is 27.8. The number of hydrogen-bond donors (Lipinski definition) is 3. The molecule has 6 nitrogen and oxygen atoms in total. The molecule has 0 atom stereocenters. The zero-order chi connectivity index (χ0) is 21.1. The highest BCUT2D eigenvalue weighted by Gasteiger charge is 2.22. The quantitative estimate of drug-likeness (QED) is 0.653. The molecule has 0 bridgehead atoms. The van der Waals surface area contributed by atoms with Crippen LogP contribution in [0.4, 0.5) is 11.4 Å². The number of hydrogen-bond acceptors (Lipinski definition) is 4. The van der Waals surface area contributed by atoms with Gasteiger partial charge in [0.25, 0.3) is 10.0 Å². The normalized spacial score (nSPS) is 11.6. The summed E-state index contributed by atoms with van der Waals surface area (Å²) in [5.41, 5.74) is 2.48. The minimum atomic E-state index is -3.71. The van der Waals surface area contributed by atoms with Gasteiger partial charge in [0, 0.05) is 16.8 Å². The SMILES string of the molecule is Cc1cc(C)cc(NS(=O)(=O)c2ccc(NC(=S)NC(=O)C(C)(C)C)cc2)c1. The highest BCUT2D eigenvalue weighted by molar-refractivity contribution is 7.92. The lowest BCUT2D eigenvalue weighted by Gasteiger charge is -2.18. The molecule has 0 aromatic heterocycles. The maximum atomic E-state index is 12.6. The number of anilines is 2. The van der Waals surface area contributed by atoms with E-state index in [1.54, 1.807) is 45.0 Å². The van der Waals surface area contributed by atoms with Crippen molar-refractivity contribution < 1.29 is 13.2 Å². The van der Waals surface area contributed by atoms with Crippen molar-refractivity contribution in [2.24, 2.45) is 5.41 Å². The average molecular weight is 420 g/mol. The Hall–Kier alpha value is -2.45. The molecule has 2 rings (SSSR count). The molecule has 0 fully saturated rings. The molecular weight excluding hydrogens is 394 g/mol. The van der Waals surface area contributed by atoms with E-state index in [0.29, 0.717) is 11.4 Å². The van der Waals surface area contributed by atoms with Crippen molar-refractivity contribution in [3.05, 3.63) is 53.6 Å². The summed E-state index contributed by atoms with van der Waals surface area (Å²) in [5, 5.41) is 5.64. The van der Waals surface area contributed by atoms with Crippen LogP contribution in [-0.2, 0) is 14.8 Å². The van der Waals surface area contributed by atoms with Gasteiger partial charge in [-0.25, -0.2) is 8.42 Å². The number of nitrogens with one attached hydrogen (secondary N) is 3. The number of sulfonamides is 1. The molecule has 0 unspecified atom stereocenters. The zero-order valence-corrected chi connectivity index (χ0v) is 18.2. The predicted molar refractivity (Wildman–Crippen MR) is 117 cm³/mol. The van der Waals surface area contributed by atoms with Crippen LogP contribution in [0.1, 0.15) is 31.9 Å². The number of carbonyl (C=O) groups excluding carboxylic acids is 1. The number of carbonyl (C=O) groups is 1. The number of aryl methyl sites for hydroxylation is 2. The average Bonchev–Trinajstić information content (AvgIpc) is 2.52. The summed E-state index contributed by atoms with van der Waals surface area (Å²) in [5.74, 6) is -0.207. The zero-order valence-electron chi connectivity index (χ0n) is 16.6. The standard InChI is InChI=1S/C20H25N3O3S2/c1-13-10-14(2)12-16(11-13)23-28(25,26)17-8-6-15(7-9-17)21-19(27)22-18(24)20(3,4)5/h6-12,23H,1-5H3,(H2,21,22,24,27). The monoisotopic (exact) mass is 419 g/mol. The van der Waals surface area contributed by atoms with Gasteiger partial charge in [0.1, 0.15) is 0 Å². The van der Waals surface area contributed by atoms with E-state index in [1.807, 2.05) is 19.9 Å². The van der Waals surface area contributed by atoms with E-state index >= 15 is 0 Å². The molecule has 3 N–H and O–H groups in total. The van der Waals surface area contributed by atoms with E-state index in [4.69, 9.17) is 12.2 Å². The third kappa shape index (κ3) is 6.03. The minimum absolute atomic E-state index is 0.127. The number of thiocarbonyl (C=S) groups is 1. The molecule has 2 aromatic carbocycles. The molecule has 0 spiro atoms. The molecular formula is C20H25N3O3S2. The Balaban J connectivity index is 2.08. The van der Waals surface area contributed by atoms with Gasteiger partial charge >= 0.3 is 0 Å². The van der Waals surface area contributed by atoms with Crippen molar-refractivity contribution in [2.75, 3.05) is 10.0 Å². The van der Waals surface area contributed by atoms with Crippen LogP contribution in [0.25, 0.3) is 0 Å². The molecule has 8 heteroatoms. The number of benzene rings is 2. The lowest BCUT2D eigenvalue weighted by molar-refractivity contribution is -0.126. The van der Waals surface area contributed by atoms with Crippen LogP contribution in [0.3, 0.4) is 0 Å². The van der Waals surface area contributed by atoms with Crippen molar-refractivity contribution in [1.29, 1.82) is 0 Å². The maximum absolute atomic E-state index is 12.6. The summed E-state index contributed by atoms with van der Waals surface area (Å²) in [7, 11) is -3.71. The first-order valence-electron chi connectivity index (χ1n) is 8.70. The molecule has 0 saturated carbocycles. The van der Waals surface area contributed by atoms with Gasteiger partial charge in [-0.05, 0) is 73.6 Å². The topological polar surface area (TPSA) is 87.3 Å². The Bertz CT molecular complexity index is 972. The van der Waals surface area contributed by atoms with Crippen molar-refractivity contribution >= 4 is 44.6 Å². The highest BCUT2D eigenvalue weighted by atomic mass is 32.2. The first-order chi connectivity index (χ1) is 12.9. The summed E-state index contributed by atoms with van der Waals surface area (Å²) >= 11 is 5.12. The second-order valence-corrected chi connectivity index (χ2v) is 9.76. The van der Waals surface area contributed by atoms with Gasteiger partial charge in [0.2, 0.25) is 5.91 Å². The minimum Gasteiger partial charge on any atom is -0.332 e. The fraction of sp³-hybridized carbons (Fsp3) is 0.300. The fourth-order valence-electron chi connectivity index (χ4n) is 2.42. The largest absolute Gasteiger partial charge is 0.332 e. The molecule has 1 amide bonds. The fourth-order valence-corrected chi connectivity index (χ4v) is 3.67. The summed E-state index contributed by atoms with van der Waals surface area (Å²) in [6.07, 6.45) is 0. The van der Waals surface area contributed by atoms with Crippen LogP contribution in [0, 0.1) is 19.3 Å². The van der Waals surface area contributed by atoms with Gasteiger partial charge in [-0.15, -0.1) is 0 Å². The first kappa shape index (κ1) is 21.8. The van der Waals surface area contributed by atoms with Crippen LogP contribution in [0.5, 0.6) is 0 Å². The molecule has 0 heterocycles. The third-order valence-electron chi connectivity index (χ3n) is 3.80. The summed E-state index contributed by atoms with van der Waals surface area (Å²) in [6.45, 7) is 9.17. The number of rotatable bonds is 4. The molecule has 0 aliphatic heterocycles. The Labute approximate surface area is 171 Å². The van der Waals surface area contributed by atoms with Gasteiger partial charge in [0.15, 0.2) is 5.11 Å². The Kier molecular flexibility index (Phi) is 6.46. The first-order valence-corrected chi connectivity index (χ1v) is 10.6. The van der Waals surface area contributed by atoms with E-state index in [0.717, 1.165) is 11.1 Å². The maximum Gasteiger partial charge on any atom is 0.261 e. The Morgan fingerprint density at radius 3 is 1.96 bits per heavy atom. The second-order valence-electron chi connectivity index (χ2n) is 7.66. The van der Waals surface area contributed by atoms with E-state index < -0.39 is 15.4 Å². The van der Waals surface area contributed by atoms with Crippen molar-refractivity contribution in [2.45, 2.75) is 39.5 Å². The second kappa shape index (κ2) is 8.28. The van der Waals surface area contributed by atoms with Crippen molar-refractivity contribution in [1.82, 2.24) is 5.32 Å². The van der Waals surface area contributed by atoms with Gasteiger partial charge in [0.05, 0.1) is 4.90 Å². The van der Waals surface area contributed by atoms with Gasteiger partial charge < -0.3 is 10.6 Å². The van der Waals surface area contributed by atoms with Gasteiger partial charge in [-0.3, -0.25) is 9.52 Å². The van der Waals surface area contributed by atoms with Gasteiger partial charge in [-0.2, -0.15) is 0 Å². The van der Waals surface area contributed by atoms with Crippen molar-refractivity contribution in [3.63, 3.8) is 0 Å². The van der Waals surface area contributed by atoms with E-state index in [-0.39, 0.29) is 15.9 Å². The van der Waals surface area contributed by atoms with E-state index in [1.165, 1.54) is 12.1 Å². The molecule has 2 aromatic rings. The highest BCUT2D eigenvalue weighted by Crippen LogP contribution is 2.20. The summed E-state index contributed by atoms with van der Waals surface area (Å²) in [6, 6.07) is 11.6. The van der Waals surface area contributed by atoms with Crippen LogP contribution in [0.15, 0.2) is 47.4 Å². The van der Waals surface area contributed by atoms with Crippen LogP contribution in [0.2, 0.25) is 0 Å². The molecule has 28 heavy (non-hydrogen) atoms. The van der Waals surface area contributed by atoms with E-state index in [9.17, 15) is 13.2 Å². The molecule has 150 valence electrons. The van der Waals surface area contributed by atoms with Crippen LogP contribution < -0.4 is 15.4 Å². The Morgan fingerprint density at radius 2 is 1.46 bits per heavy atom. The van der Waals surface area contributed by atoms with Crippen LogP contribution >= 0.6 is 12.2 Å². The van der Waals surface area contributed by atoms with Gasteiger partial charge in [-0.1, -0.05) is 26.8 Å². The van der Waals surface area contributed by atoms with Crippen LogP contribution in [-0.4, -0.2) is 19.4 Å². The molecule has 0 aliphatic rings. The predicted octanol–water partition coefficient (Wildman–Crippen LogP) is 3.96. The lowest BCUT2D eigenvalue weighted by atomic mass is 9.96. The molecule has 0 aliphatic carbocycles. The molecule has 0 radical (unpaired) electrons. The van der Waals surface area contributed by atoms with Crippen molar-refractivity contribution in [3.8, 4) is 0 Å². The van der Waals surface area contributed by atoms with E-state index in [2.05, 4.69) is 15.4 Å². The molecule has 0 saturated heterocycles. The summed E-state index contributed by atoms with van der Waals surface area (Å²) in [4.78, 5) is 12.1. The smallest absolute Gasteiger partial charge is 0.261 e. The number of amides is 1. The lowest BCUT2D eigenvalue weighted by Crippen LogP contribution is -2.41.